The Kier molecular flexibility index (Phi) is 5.76. The van der Waals surface area contributed by atoms with Crippen LogP contribution in [0.1, 0.15) is 0 Å². The molecule has 0 atom stereocenters. The molecule has 14 heavy (non-hydrogen) atoms. The summed E-state index contributed by atoms with van der Waals surface area (Å²) in [5.41, 5.74) is 6.08. The molecule has 0 aliphatic heterocycles. The first-order valence-corrected chi connectivity index (χ1v) is 4.66. The highest BCUT2D eigenvalue weighted by Gasteiger charge is 2.07. The highest BCUT2D eigenvalue weighted by molar-refractivity contribution is 9.10. The Morgan fingerprint density at radius 1 is 1.57 bits per heavy atom. The Balaban J connectivity index is 0.00000169. The van der Waals surface area contributed by atoms with Crippen molar-refractivity contribution < 1.29 is 4.79 Å². The molecule has 0 saturated heterocycles. The summed E-state index contributed by atoms with van der Waals surface area (Å²) in [6, 6.07) is 7.51. The molecule has 0 aromatic heterocycles. The molecule has 5 heteroatoms. The summed E-state index contributed by atoms with van der Waals surface area (Å²) in [6.07, 6.45) is 0. The topological polar surface area (TPSA) is 46.3 Å². The van der Waals surface area contributed by atoms with Crippen molar-refractivity contribution in [2.24, 2.45) is 5.73 Å². The summed E-state index contributed by atoms with van der Waals surface area (Å²) in [5.74, 6) is -0.0990. The van der Waals surface area contributed by atoms with E-state index in [1.165, 1.54) is 4.90 Å². The molecule has 1 aromatic rings. The van der Waals surface area contributed by atoms with Crippen molar-refractivity contribution >= 4 is 39.9 Å². The van der Waals surface area contributed by atoms with Crippen LogP contribution in [0, 0.1) is 0 Å². The van der Waals surface area contributed by atoms with Crippen LogP contribution in [-0.2, 0) is 4.79 Å². The van der Waals surface area contributed by atoms with Gasteiger partial charge in [-0.3, -0.25) is 4.79 Å². The van der Waals surface area contributed by atoms with Gasteiger partial charge in [-0.05, 0) is 18.2 Å². The van der Waals surface area contributed by atoms with E-state index in [-0.39, 0.29) is 24.9 Å². The smallest absolute Gasteiger partial charge is 0.240 e. The van der Waals surface area contributed by atoms with Crippen molar-refractivity contribution in [2.45, 2.75) is 0 Å². The third-order valence-electron chi connectivity index (χ3n) is 1.74. The number of anilines is 1. The van der Waals surface area contributed by atoms with Gasteiger partial charge in [0, 0.05) is 17.2 Å². The zero-order chi connectivity index (χ0) is 9.84. The lowest BCUT2D eigenvalue weighted by atomic mass is 10.3. The maximum atomic E-state index is 11.2. The number of halogens is 2. The normalized spacial score (nSPS) is 9.07. The van der Waals surface area contributed by atoms with Crippen molar-refractivity contribution in [3.05, 3.63) is 28.7 Å². The molecule has 0 saturated carbocycles. The fourth-order valence-electron chi connectivity index (χ4n) is 0.966. The first-order valence-electron chi connectivity index (χ1n) is 3.87. The highest BCUT2D eigenvalue weighted by Crippen LogP contribution is 2.18. The van der Waals surface area contributed by atoms with Crippen LogP contribution in [0.4, 0.5) is 5.69 Å². The average Bonchev–Trinajstić information content (AvgIpc) is 2.15. The molecule has 0 bridgehead atoms. The number of carbonyl (C=O) groups excluding carboxylic acids is 1. The van der Waals surface area contributed by atoms with Gasteiger partial charge in [-0.25, -0.2) is 0 Å². The number of nitrogens with zero attached hydrogens (tertiary/aromatic N) is 1. The quantitative estimate of drug-likeness (QED) is 0.897. The number of likely N-dealkylation sites (N-methyl/N-ethyl adjacent to an activating group) is 1. The van der Waals surface area contributed by atoms with Crippen LogP contribution in [0.25, 0.3) is 0 Å². The van der Waals surface area contributed by atoms with Crippen molar-refractivity contribution in [2.75, 3.05) is 18.5 Å². The fraction of sp³-hybridized carbons (Fsp3) is 0.222. The van der Waals surface area contributed by atoms with E-state index >= 15 is 0 Å². The van der Waals surface area contributed by atoms with Gasteiger partial charge in [0.05, 0.1) is 6.54 Å². The van der Waals surface area contributed by atoms with Crippen LogP contribution < -0.4 is 10.6 Å². The molecule has 0 radical (unpaired) electrons. The molecule has 1 rings (SSSR count). The van der Waals surface area contributed by atoms with Gasteiger partial charge < -0.3 is 10.6 Å². The minimum atomic E-state index is -0.0990. The summed E-state index contributed by atoms with van der Waals surface area (Å²) in [4.78, 5) is 12.7. The molecule has 3 nitrogen and oxygen atoms in total. The van der Waals surface area contributed by atoms with E-state index in [1.54, 1.807) is 7.05 Å². The average molecular weight is 280 g/mol. The Hall–Kier alpha value is -0.580. The van der Waals surface area contributed by atoms with Gasteiger partial charge in [0.15, 0.2) is 0 Å². The molecule has 0 aliphatic carbocycles. The molecule has 0 unspecified atom stereocenters. The van der Waals surface area contributed by atoms with Gasteiger partial charge in [-0.15, -0.1) is 12.4 Å². The first-order chi connectivity index (χ1) is 6.15. The second-order valence-corrected chi connectivity index (χ2v) is 3.55. The highest BCUT2D eigenvalue weighted by atomic mass is 79.9. The van der Waals surface area contributed by atoms with Gasteiger partial charge in [0.25, 0.3) is 0 Å². The number of benzene rings is 1. The van der Waals surface area contributed by atoms with Crippen LogP contribution in [0.15, 0.2) is 28.7 Å². The summed E-state index contributed by atoms with van der Waals surface area (Å²) in [7, 11) is 1.71. The first kappa shape index (κ1) is 13.4. The van der Waals surface area contributed by atoms with Crippen LogP contribution in [-0.4, -0.2) is 19.5 Å². The number of nitrogens with two attached hydrogens (primary N) is 1. The lowest BCUT2D eigenvalue weighted by molar-refractivity contribution is -0.117. The largest absolute Gasteiger partial charge is 0.322 e. The molecule has 78 valence electrons. The molecule has 1 amide bonds. The SMILES string of the molecule is CN(C(=O)CN)c1cccc(Br)c1.Cl. The number of hydrogen-bond acceptors (Lipinski definition) is 2. The molecule has 0 heterocycles. The van der Waals surface area contributed by atoms with Crippen molar-refractivity contribution in [1.82, 2.24) is 0 Å². The minimum Gasteiger partial charge on any atom is -0.322 e. The van der Waals surface area contributed by atoms with Crippen molar-refractivity contribution in [1.29, 1.82) is 0 Å². The third-order valence-corrected chi connectivity index (χ3v) is 2.24. The predicted molar refractivity (Wildman–Crippen MR) is 63.9 cm³/mol. The molecule has 0 aliphatic rings. The summed E-state index contributed by atoms with van der Waals surface area (Å²) in [6.45, 7) is 0.0308. The number of rotatable bonds is 2. The fourth-order valence-corrected chi connectivity index (χ4v) is 1.35. The van der Waals surface area contributed by atoms with E-state index < -0.39 is 0 Å². The Bertz CT molecular complexity index is 319. The monoisotopic (exact) mass is 278 g/mol. The van der Waals surface area contributed by atoms with Gasteiger partial charge in [-0.1, -0.05) is 22.0 Å². The summed E-state index contributed by atoms with van der Waals surface area (Å²) >= 11 is 3.33. The number of carbonyl (C=O) groups is 1. The summed E-state index contributed by atoms with van der Waals surface area (Å²) < 4.78 is 0.946. The van der Waals surface area contributed by atoms with Crippen LogP contribution in [0.5, 0.6) is 0 Å². The van der Waals surface area contributed by atoms with E-state index in [9.17, 15) is 4.79 Å². The van der Waals surface area contributed by atoms with Crippen molar-refractivity contribution in [3.63, 3.8) is 0 Å². The van der Waals surface area contributed by atoms with E-state index in [1.807, 2.05) is 24.3 Å². The van der Waals surface area contributed by atoms with Gasteiger partial charge in [-0.2, -0.15) is 0 Å². The minimum absolute atomic E-state index is 0. The molecule has 0 spiro atoms. The van der Waals surface area contributed by atoms with E-state index in [0.717, 1.165) is 10.2 Å². The van der Waals surface area contributed by atoms with Crippen LogP contribution in [0.2, 0.25) is 0 Å². The lowest BCUT2D eigenvalue weighted by Gasteiger charge is -2.16. The zero-order valence-corrected chi connectivity index (χ0v) is 10.1. The van der Waals surface area contributed by atoms with Gasteiger partial charge in [0.1, 0.15) is 0 Å². The maximum absolute atomic E-state index is 11.2. The van der Waals surface area contributed by atoms with Gasteiger partial charge >= 0.3 is 0 Å². The molecule has 0 fully saturated rings. The van der Waals surface area contributed by atoms with Crippen molar-refractivity contribution in [3.8, 4) is 0 Å². The maximum Gasteiger partial charge on any atom is 0.240 e. The Morgan fingerprint density at radius 2 is 2.21 bits per heavy atom. The Labute approximate surface area is 97.8 Å². The summed E-state index contributed by atoms with van der Waals surface area (Å²) in [5, 5.41) is 0. The Morgan fingerprint density at radius 3 is 2.71 bits per heavy atom. The molecule has 2 N–H and O–H groups in total. The van der Waals surface area contributed by atoms with Crippen LogP contribution >= 0.6 is 28.3 Å². The van der Waals surface area contributed by atoms with E-state index in [4.69, 9.17) is 5.73 Å². The van der Waals surface area contributed by atoms with Crippen LogP contribution in [0.3, 0.4) is 0 Å². The number of hydrogen-bond donors (Lipinski definition) is 1. The molecule has 1 aromatic carbocycles. The van der Waals surface area contributed by atoms with Gasteiger partial charge in [0.2, 0.25) is 5.91 Å². The lowest BCUT2D eigenvalue weighted by Crippen LogP contribution is -2.32. The third kappa shape index (κ3) is 3.29. The second kappa shape index (κ2) is 6.01. The second-order valence-electron chi connectivity index (χ2n) is 2.64. The standard InChI is InChI=1S/C9H11BrN2O.ClH/c1-12(9(13)6-11)8-4-2-3-7(10)5-8;/h2-5H,6,11H2,1H3;1H. The molecular formula is C9H12BrClN2O. The molecular weight excluding hydrogens is 267 g/mol. The van der Waals surface area contributed by atoms with E-state index in [2.05, 4.69) is 15.9 Å². The van der Waals surface area contributed by atoms with E-state index in [0.29, 0.717) is 0 Å². The predicted octanol–water partition coefficient (Wildman–Crippen LogP) is 1.79. The number of amides is 1. The zero-order valence-electron chi connectivity index (χ0n) is 7.74.